The second kappa shape index (κ2) is 4.09. The van der Waals surface area contributed by atoms with Gasteiger partial charge in [-0.15, -0.1) is 0 Å². The quantitative estimate of drug-likeness (QED) is 0.771. The monoisotopic (exact) mass is 195 g/mol. The second-order valence-electron chi connectivity index (χ2n) is 4.77. The summed E-state index contributed by atoms with van der Waals surface area (Å²) < 4.78 is 13.3. The van der Waals surface area contributed by atoms with Crippen LogP contribution in [0.4, 0.5) is 4.39 Å². The number of halogens is 1. The van der Waals surface area contributed by atoms with Crippen LogP contribution in [0.5, 0.6) is 0 Å². The topological polar surface area (TPSA) is 26.0 Å². The van der Waals surface area contributed by atoms with E-state index in [1.54, 1.807) is 12.1 Å². The molecule has 78 valence electrons. The molecule has 1 aromatic rings. The van der Waals surface area contributed by atoms with Crippen molar-refractivity contribution in [1.29, 1.82) is 0 Å². The molecule has 0 aromatic heterocycles. The molecule has 0 bridgehead atoms. The minimum Gasteiger partial charge on any atom is -0.327 e. The zero-order chi connectivity index (χ0) is 10.8. The van der Waals surface area contributed by atoms with Gasteiger partial charge in [0.05, 0.1) is 0 Å². The first kappa shape index (κ1) is 11.2. The van der Waals surface area contributed by atoms with Crippen LogP contribution in [0.15, 0.2) is 24.3 Å². The van der Waals surface area contributed by atoms with Crippen molar-refractivity contribution >= 4 is 0 Å². The van der Waals surface area contributed by atoms with E-state index in [0.29, 0.717) is 12.0 Å². The molecular weight excluding hydrogens is 177 g/mol. The summed E-state index contributed by atoms with van der Waals surface area (Å²) in [5.41, 5.74) is 6.70. The highest BCUT2D eigenvalue weighted by atomic mass is 19.1. The Balaban J connectivity index is 2.75. The lowest BCUT2D eigenvalue weighted by atomic mass is 9.84. The molecular formula is C12H18FN. The predicted octanol–water partition coefficient (Wildman–Crippen LogP) is 2.74. The first-order valence-corrected chi connectivity index (χ1v) is 4.90. The fourth-order valence-corrected chi connectivity index (χ4v) is 1.21. The average Bonchev–Trinajstić information content (AvgIpc) is 2.07. The van der Waals surface area contributed by atoms with Gasteiger partial charge in [-0.2, -0.15) is 0 Å². The van der Waals surface area contributed by atoms with Crippen molar-refractivity contribution in [2.24, 2.45) is 11.1 Å². The first-order chi connectivity index (χ1) is 6.41. The minimum atomic E-state index is -0.160. The average molecular weight is 195 g/mol. The van der Waals surface area contributed by atoms with E-state index in [2.05, 4.69) is 20.8 Å². The van der Waals surface area contributed by atoms with Crippen molar-refractivity contribution in [3.05, 3.63) is 35.6 Å². The Morgan fingerprint density at radius 3 is 2.36 bits per heavy atom. The van der Waals surface area contributed by atoms with Crippen LogP contribution < -0.4 is 5.73 Å². The van der Waals surface area contributed by atoms with Gasteiger partial charge in [-0.1, -0.05) is 39.0 Å². The van der Waals surface area contributed by atoms with Crippen LogP contribution in [-0.2, 0) is 6.42 Å². The van der Waals surface area contributed by atoms with E-state index in [4.69, 9.17) is 5.73 Å². The molecule has 0 aliphatic rings. The van der Waals surface area contributed by atoms with E-state index in [-0.39, 0.29) is 17.3 Å². The molecule has 14 heavy (non-hydrogen) atoms. The van der Waals surface area contributed by atoms with E-state index in [0.717, 1.165) is 0 Å². The zero-order valence-electron chi connectivity index (χ0n) is 9.05. The SMILES string of the molecule is CC(C)(C)C(N)Cc1ccccc1F. The van der Waals surface area contributed by atoms with Gasteiger partial charge in [0.2, 0.25) is 0 Å². The van der Waals surface area contributed by atoms with Gasteiger partial charge in [0.25, 0.3) is 0 Å². The van der Waals surface area contributed by atoms with Crippen molar-refractivity contribution in [2.45, 2.75) is 33.2 Å². The van der Waals surface area contributed by atoms with Gasteiger partial charge in [-0.3, -0.25) is 0 Å². The summed E-state index contributed by atoms with van der Waals surface area (Å²) in [5, 5.41) is 0. The second-order valence-corrected chi connectivity index (χ2v) is 4.77. The van der Waals surface area contributed by atoms with Gasteiger partial charge in [-0.25, -0.2) is 4.39 Å². The number of benzene rings is 1. The Bertz CT molecular complexity index is 301. The third-order valence-electron chi connectivity index (χ3n) is 2.51. The maximum absolute atomic E-state index is 13.3. The van der Waals surface area contributed by atoms with Crippen LogP contribution in [0.2, 0.25) is 0 Å². The molecule has 0 aliphatic heterocycles. The van der Waals surface area contributed by atoms with Gasteiger partial charge >= 0.3 is 0 Å². The summed E-state index contributed by atoms with van der Waals surface area (Å²) in [4.78, 5) is 0. The Morgan fingerprint density at radius 2 is 1.86 bits per heavy atom. The van der Waals surface area contributed by atoms with Gasteiger partial charge in [-0.05, 0) is 23.5 Å². The van der Waals surface area contributed by atoms with Gasteiger partial charge in [0.15, 0.2) is 0 Å². The maximum atomic E-state index is 13.3. The van der Waals surface area contributed by atoms with Gasteiger partial charge in [0, 0.05) is 6.04 Å². The third-order valence-corrected chi connectivity index (χ3v) is 2.51. The van der Waals surface area contributed by atoms with Crippen LogP contribution in [-0.4, -0.2) is 6.04 Å². The summed E-state index contributed by atoms with van der Waals surface area (Å²) in [5.74, 6) is -0.160. The number of rotatable bonds is 2. The largest absolute Gasteiger partial charge is 0.327 e. The van der Waals surface area contributed by atoms with E-state index in [1.165, 1.54) is 6.07 Å². The van der Waals surface area contributed by atoms with Gasteiger partial charge in [0.1, 0.15) is 5.82 Å². The zero-order valence-corrected chi connectivity index (χ0v) is 9.05. The fourth-order valence-electron chi connectivity index (χ4n) is 1.21. The summed E-state index contributed by atoms with van der Waals surface area (Å²) in [7, 11) is 0. The third kappa shape index (κ3) is 2.81. The molecule has 0 fully saturated rings. The molecule has 1 nitrogen and oxygen atoms in total. The van der Waals surface area contributed by atoms with Gasteiger partial charge < -0.3 is 5.73 Å². The van der Waals surface area contributed by atoms with E-state index in [9.17, 15) is 4.39 Å². The summed E-state index contributed by atoms with van der Waals surface area (Å²) in [6, 6.07) is 6.79. The lowest BCUT2D eigenvalue weighted by Crippen LogP contribution is -2.37. The highest BCUT2D eigenvalue weighted by Gasteiger charge is 2.21. The molecule has 0 saturated carbocycles. The molecule has 2 N–H and O–H groups in total. The molecule has 1 aromatic carbocycles. The van der Waals surface area contributed by atoms with Crippen LogP contribution in [0.3, 0.4) is 0 Å². The maximum Gasteiger partial charge on any atom is 0.126 e. The first-order valence-electron chi connectivity index (χ1n) is 4.90. The highest BCUT2D eigenvalue weighted by Crippen LogP contribution is 2.21. The van der Waals surface area contributed by atoms with Crippen molar-refractivity contribution in [3.8, 4) is 0 Å². The van der Waals surface area contributed by atoms with Crippen LogP contribution in [0.1, 0.15) is 26.3 Å². The van der Waals surface area contributed by atoms with Crippen molar-refractivity contribution in [3.63, 3.8) is 0 Å². The van der Waals surface area contributed by atoms with Crippen molar-refractivity contribution in [1.82, 2.24) is 0 Å². The molecule has 0 amide bonds. The lowest BCUT2D eigenvalue weighted by Gasteiger charge is -2.27. The molecule has 0 saturated heterocycles. The van der Waals surface area contributed by atoms with E-state index >= 15 is 0 Å². The molecule has 0 aliphatic carbocycles. The summed E-state index contributed by atoms with van der Waals surface area (Å²) in [6.07, 6.45) is 0.593. The van der Waals surface area contributed by atoms with Crippen molar-refractivity contribution < 1.29 is 4.39 Å². The minimum absolute atomic E-state index is 0.0144. The fraction of sp³-hybridized carbons (Fsp3) is 0.500. The molecule has 0 spiro atoms. The molecule has 1 unspecified atom stereocenters. The normalized spacial score (nSPS) is 14.1. The number of hydrogen-bond donors (Lipinski definition) is 1. The van der Waals surface area contributed by atoms with E-state index < -0.39 is 0 Å². The standard InChI is InChI=1S/C12H18FN/c1-12(2,3)11(14)8-9-6-4-5-7-10(9)13/h4-7,11H,8,14H2,1-3H3. The van der Waals surface area contributed by atoms with Crippen LogP contribution in [0, 0.1) is 11.2 Å². The smallest absolute Gasteiger partial charge is 0.126 e. The Morgan fingerprint density at radius 1 is 1.29 bits per heavy atom. The Hall–Kier alpha value is -0.890. The summed E-state index contributed by atoms with van der Waals surface area (Å²) >= 11 is 0. The number of nitrogens with two attached hydrogens (primary N) is 1. The molecule has 2 heteroatoms. The molecule has 1 rings (SSSR count). The lowest BCUT2D eigenvalue weighted by molar-refractivity contribution is 0.316. The van der Waals surface area contributed by atoms with Crippen LogP contribution in [0.25, 0.3) is 0 Å². The Kier molecular flexibility index (Phi) is 3.27. The van der Waals surface area contributed by atoms with Crippen LogP contribution >= 0.6 is 0 Å². The van der Waals surface area contributed by atoms with E-state index in [1.807, 2.05) is 6.07 Å². The predicted molar refractivity (Wildman–Crippen MR) is 57.5 cm³/mol. The Labute approximate surface area is 85.1 Å². The molecule has 0 heterocycles. The highest BCUT2D eigenvalue weighted by molar-refractivity contribution is 5.18. The molecule has 1 atom stereocenters. The summed E-state index contributed by atoms with van der Waals surface area (Å²) in [6.45, 7) is 6.20. The number of hydrogen-bond acceptors (Lipinski definition) is 1. The molecule has 0 radical (unpaired) electrons. The van der Waals surface area contributed by atoms with Crippen molar-refractivity contribution in [2.75, 3.05) is 0 Å².